The highest BCUT2D eigenvalue weighted by Crippen LogP contribution is 2.26. The molecule has 0 saturated heterocycles. The second-order valence-electron chi connectivity index (χ2n) is 8.96. The van der Waals surface area contributed by atoms with Crippen LogP contribution in [-0.2, 0) is 29.7 Å². The second kappa shape index (κ2) is 12.5. The van der Waals surface area contributed by atoms with Crippen molar-refractivity contribution in [2.75, 3.05) is 13.7 Å². The third-order valence-corrected chi connectivity index (χ3v) is 7.99. The number of benzene rings is 4. The van der Waals surface area contributed by atoms with Gasteiger partial charge in [-0.1, -0.05) is 78.9 Å². The zero-order valence-electron chi connectivity index (χ0n) is 21.7. The van der Waals surface area contributed by atoms with E-state index >= 15 is 0 Å². The van der Waals surface area contributed by atoms with Crippen molar-refractivity contribution in [3.05, 3.63) is 131 Å². The summed E-state index contributed by atoms with van der Waals surface area (Å²) in [6.45, 7) is 3.24. The second-order valence-corrected chi connectivity index (χ2v) is 11.0. The molecule has 7 heteroatoms. The predicted octanol–water partition coefficient (Wildman–Crippen LogP) is 5.75. The summed E-state index contributed by atoms with van der Waals surface area (Å²) in [5.74, 6) is 0.410. The fourth-order valence-electron chi connectivity index (χ4n) is 4.22. The fraction of sp³-hybridized carbons (Fsp3) is 0.194. The van der Waals surface area contributed by atoms with E-state index in [0.29, 0.717) is 36.6 Å². The van der Waals surface area contributed by atoms with Gasteiger partial charge in [0.25, 0.3) is 5.91 Å². The maximum absolute atomic E-state index is 13.8. The average molecular weight is 529 g/mol. The Morgan fingerprint density at radius 3 is 1.79 bits per heavy atom. The summed E-state index contributed by atoms with van der Waals surface area (Å²) in [4.78, 5) is 15.8. The lowest BCUT2D eigenvalue weighted by Crippen LogP contribution is -2.30. The van der Waals surface area contributed by atoms with Gasteiger partial charge in [-0.2, -0.15) is 4.31 Å². The Morgan fingerprint density at radius 2 is 1.26 bits per heavy atom. The van der Waals surface area contributed by atoms with Gasteiger partial charge >= 0.3 is 0 Å². The summed E-state index contributed by atoms with van der Waals surface area (Å²) in [5, 5.41) is 0. The van der Waals surface area contributed by atoms with E-state index in [9.17, 15) is 13.2 Å². The molecule has 0 bridgehead atoms. The SMILES string of the molecule is CCOc1ccc(C(=O)N(Cc2ccccc2)Cc2ccccc2)cc1CN(C)S(=O)(=O)c1ccccc1. The Labute approximate surface area is 225 Å². The summed E-state index contributed by atoms with van der Waals surface area (Å²) < 4.78 is 33.4. The molecule has 0 saturated carbocycles. The van der Waals surface area contributed by atoms with Crippen molar-refractivity contribution in [3.8, 4) is 5.75 Å². The van der Waals surface area contributed by atoms with E-state index in [1.165, 1.54) is 11.4 Å². The molecule has 0 aromatic heterocycles. The van der Waals surface area contributed by atoms with E-state index in [4.69, 9.17) is 4.74 Å². The molecule has 0 aliphatic rings. The van der Waals surface area contributed by atoms with Gasteiger partial charge in [0, 0.05) is 37.8 Å². The highest BCUT2D eigenvalue weighted by molar-refractivity contribution is 7.89. The molecule has 0 aliphatic carbocycles. The van der Waals surface area contributed by atoms with Crippen molar-refractivity contribution in [1.29, 1.82) is 0 Å². The van der Waals surface area contributed by atoms with Crippen LogP contribution >= 0.6 is 0 Å². The summed E-state index contributed by atoms with van der Waals surface area (Å²) in [6, 6.07) is 33.3. The lowest BCUT2D eigenvalue weighted by Gasteiger charge is -2.24. The molecule has 4 aromatic rings. The van der Waals surface area contributed by atoms with Crippen LogP contribution < -0.4 is 4.74 Å². The van der Waals surface area contributed by atoms with Crippen LogP contribution in [0.4, 0.5) is 0 Å². The smallest absolute Gasteiger partial charge is 0.254 e. The zero-order chi connectivity index (χ0) is 27.0. The number of ether oxygens (including phenoxy) is 1. The predicted molar refractivity (Wildman–Crippen MR) is 149 cm³/mol. The molecule has 1 amide bonds. The number of sulfonamides is 1. The molecule has 0 aliphatic heterocycles. The molecule has 6 nitrogen and oxygen atoms in total. The standard InChI is InChI=1S/C31H32N2O4S/c1-3-37-30-20-19-27(21-28(30)24-32(2)38(35,36)29-17-11-6-12-18-29)31(34)33(22-25-13-7-4-8-14-25)23-26-15-9-5-10-16-26/h4-21H,3,22-24H2,1-2H3. The van der Waals surface area contributed by atoms with Gasteiger partial charge in [0.1, 0.15) is 5.75 Å². The number of carbonyl (C=O) groups is 1. The first kappa shape index (κ1) is 27.1. The first-order valence-electron chi connectivity index (χ1n) is 12.5. The lowest BCUT2D eigenvalue weighted by atomic mass is 10.1. The molecule has 0 radical (unpaired) electrons. The van der Waals surface area contributed by atoms with Crippen molar-refractivity contribution in [1.82, 2.24) is 9.21 Å². The quantitative estimate of drug-likeness (QED) is 0.249. The zero-order valence-corrected chi connectivity index (χ0v) is 22.5. The minimum atomic E-state index is -3.72. The molecule has 0 unspecified atom stereocenters. The summed E-state index contributed by atoms with van der Waals surface area (Å²) >= 11 is 0. The number of nitrogens with zero attached hydrogens (tertiary/aromatic N) is 2. The van der Waals surface area contributed by atoms with E-state index < -0.39 is 10.0 Å². The van der Waals surface area contributed by atoms with Gasteiger partial charge in [-0.3, -0.25) is 4.79 Å². The molecular weight excluding hydrogens is 496 g/mol. The Hall–Kier alpha value is -3.94. The first-order chi connectivity index (χ1) is 18.4. The molecule has 38 heavy (non-hydrogen) atoms. The van der Waals surface area contributed by atoms with Gasteiger partial charge in [0.2, 0.25) is 10.0 Å². The number of hydrogen-bond donors (Lipinski definition) is 0. The maximum atomic E-state index is 13.8. The first-order valence-corrected chi connectivity index (χ1v) is 14.0. The Morgan fingerprint density at radius 1 is 0.737 bits per heavy atom. The minimum absolute atomic E-state index is 0.0606. The van der Waals surface area contributed by atoms with E-state index in [2.05, 4.69) is 0 Å². The Balaban J connectivity index is 1.64. The van der Waals surface area contributed by atoms with Crippen LogP contribution in [0.25, 0.3) is 0 Å². The maximum Gasteiger partial charge on any atom is 0.254 e. The number of rotatable bonds is 11. The molecule has 0 spiro atoms. The molecule has 4 aromatic carbocycles. The number of amides is 1. The van der Waals surface area contributed by atoms with E-state index in [-0.39, 0.29) is 17.3 Å². The Kier molecular flexibility index (Phi) is 8.94. The monoisotopic (exact) mass is 528 g/mol. The van der Waals surface area contributed by atoms with Gasteiger partial charge in [-0.25, -0.2) is 8.42 Å². The topological polar surface area (TPSA) is 66.9 Å². The lowest BCUT2D eigenvalue weighted by molar-refractivity contribution is 0.0730. The molecular formula is C31H32N2O4S. The van der Waals surface area contributed by atoms with E-state index in [1.807, 2.05) is 67.6 Å². The van der Waals surface area contributed by atoms with Gasteiger partial charge in [-0.15, -0.1) is 0 Å². The van der Waals surface area contributed by atoms with Crippen LogP contribution in [0, 0.1) is 0 Å². The summed E-state index contributed by atoms with van der Waals surface area (Å²) in [7, 11) is -2.19. The number of hydrogen-bond acceptors (Lipinski definition) is 4. The van der Waals surface area contributed by atoms with Crippen molar-refractivity contribution in [2.45, 2.75) is 31.5 Å². The molecule has 0 atom stereocenters. The van der Waals surface area contributed by atoms with Crippen LogP contribution in [0.15, 0.2) is 114 Å². The third-order valence-electron chi connectivity index (χ3n) is 6.17. The van der Waals surface area contributed by atoms with Gasteiger partial charge < -0.3 is 9.64 Å². The van der Waals surface area contributed by atoms with Crippen LogP contribution in [0.3, 0.4) is 0 Å². The van der Waals surface area contributed by atoms with Crippen LogP contribution in [0.1, 0.15) is 34.0 Å². The molecule has 196 valence electrons. The summed E-state index contributed by atoms with van der Waals surface area (Å²) in [5.41, 5.74) is 3.15. The highest BCUT2D eigenvalue weighted by atomic mass is 32.2. The molecule has 4 rings (SSSR count). The highest BCUT2D eigenvalue weighted by Gasteiger charge is 2.24. The number of carbonyl (C=O) groups excluding carboxylic acids is 1. The minimum Gasteiger partial charge on any atom is -0.494 e. The van der Waals surface area contributed by atoms with Gasteiger partial charge in [0.05, 0.1) is 11.5 Å². The average Bonchev–Trinajstić information content (AvgIpc) is 2.95. The largest absolute Gasteiger partial charge is 0.494 e. The van der Waals surface area contributed by atoms with Gasteiger partial charge in [0.15, 0.2) is 0 Å². The fourth-order valence-corrected chi connectivity index (χ4v) is 5.39. The molecule has 0 heterocycles. The van der Waals surface area contributed by atoms with Crippen molar-refractivity contribution < 1.29 is 17.9 Å². The van der Waals surface area contributed by atoms with E-state index in [0.717, 1.165) is 11.1 Å². The van der Waals surface area contributed by atoms with E-state index in [1.54, 1.807) is 53.4 Å². The van der Waals surface area contributed by atoms with Crippen LogP contribution in [0.5, 0.6) is 5.75 Å². The molecule has 0 N–H and O–H groups in total. The third kappa shape index (κ3) is 6.68. The van der Waals surface area contributed by atoms with Crippen molar-refractivity contribution >= 4 is 15.9 Å². The van der Waals surface area contributed by atoms with Crippen molar-refractivity contribution in [2.24, 2.45) is 0 Å². The normalized spacial score (nSPS) is 11.3. The van der Waals surface area contributed by atoms with Crippen LogP contribution in [-0.4, -0.2) is 37.2 Å². The Bertz CT molecular complexity index is 1400. The van der Waals surface area contributed by atoms with Crippen LogP contribution in [0.2, 0.25) is 0 Å². The van der Waals surface area contributed by atoms with Gasteiger partial charge in [-0.05, 0) is 48.4 Å². The summed E-state index contributed by atoms with van der Waals surface area (Å²) in [6.07, 6.45) is 0. The van der Waals surface area contributed by atoms with Crippen molar-refractivity contribution in [3.63, 3.8) is 0 Å². The molecule has 0 fully saturated rings.